The molecule has 132 valence electrons. The van der Waals surface area contributed by atoms with E-state index in [1.54, 1.807) is 45.0 Å². The average molecular weight is 400 g/mol. The molecular weight excluding hydrogens is 378 g/mol. The number of ether oxygens (including phenoxy) is 2. The van der Waals surface area contributed by atoms with Gasteiger partial charge in [-0.2, -0.15) is 0 Å². The van der Waals surface area contributed by atoms with E-state index in [0.717, 1.165) is 4.47 Å². The van der Waals surface area contributed by atoms with Crippen LogP contribution in [0, 0.1) is 0 Å². The van der Waals surface area contributed by atoms with Crippen molar-refractivity contribution in [2.24, 2.45) is 0 Å². The monoisotopic (exact) mass is 399 g/mol. The summed E-state index contributed by atoms with van der Waals surface area (Å²) in [5, 5.41) is 9.72. The standard InChI is InChI=1S/C17H22BrNO5/c1-16(2,3)24-15(22)19-10-4-9-17(11-19,14(20)21)23-13-7-5-12(18)6-8-13/h5-8H,4,9-11H2,1-3H3,(H,20,21). The maximum absolute atomic E-state index is 12.3. The van der Waals surface area contributed by atoms with Gasteiger partial charge in [-0.25, -0.2) is 9.59 Å². The lowest BCUT2D eigenvalue weighted by Gasteiger charge is -2.40. The molecule has 1 fully saturated rings. The van der Waals surface area contributed by atoms with Crippen molar-refractivity contribution in [2.75, 3.05) is 13.1 Å². The molecule has 1 saturated heterocycles. The van der Waals surface area contributed by atoms with Gasteiger partial charge in [0, 0.05) is 17.4 Å². The zero-order chi connectivity index (χ0) is 18.0. The minimum atomic E-state index is -1.47. The normalized spacial score (nSPS) is 21.2. The molecule has 1 atom stereocenters. The van der Waals surface area contributed by atoms with Crippen LogP contribution in [0.25, 0.3) is 0 Å². The van der Waals surface area contributed by atoms with E-state index in [4.69, 9.17) is 9.47 Å². The van der Waals surface area contributed by atoms with Crippen molar-refractivity contribution < 1.29 is 24.2 Å². The molecule has 0 radical (unpaired) electrons. The van der Waals surface area contributed by atoms with Gasteiger partial charge >= 0.3 is 12.1 Å². The van der Waals surface area contributed by atoms with Crippen LogP contribution in [0.1, 0.15) is 33.6 Å². The quantitative estimate of drug-likeness (QED) is 0.838. The highest BCUT2D eigenvalue weighted by Gasteiger charge is 2.47. The predicted octanol–water partition coefficient (Wildman–Crippen LogP) is 3.68. The zero-order valence-electron chi connectivity index (χ0n) is 14.0. The van der Waals surface area contributed by atoms with Gasteiger partial charge in [0.15, 0.2) is 0 Å². The Morgan fingerprint density at radius 3 is 2.42 bits per heavy atom. The summed E-state index contributed by atoms with van der Waals surface area (Å²) in [6.07, 6.45) is 0.340. The second kappa shape index (κ2) is 7.01. The third kappa shape index (κ3) is 4.63. The number of amides is 1. The summed E-state index contributed by atoms with van der Waals surface area (Å²) in [7, 11) is 0. The van der Waals surface area contributed by atoms with Crippen LogP contribution in [0.4, 0.5) is 4.79 Å². The second-order valence-electron chi connectivity index (χ2n) is 6.86. The van der Waals surface area contributed by atoms with E-state index in [-0.39, 0.29) is 6.54 Å². The van der Waals surface area contributed by atoms with Gasteiger partial charge in [-0.1, -0.05) is 15.9 Å². The Balaban J connectivity index is 2.18. The second-order valence-corrected chi connectivity index (χ2v) is 7.78. The third-order valence-corrected chi connectivity index (χ3v) is 4.15. The van der Waals surface area contributed by atoms with Gasteiger partial charge < -0.3 is 19.5 Å². The first kappa shape index (κ1) is 18.6. The summed E-state index contributed by atoms with van der Waals surface area (Å²) in [6, 6.07) is 6.95. The molecular formula is C17H22BrNO5. The third-order valence-electron chi connectivity index (χ3n) is 3.62. The molecule has 1 aliphatic rings. The molecule has 0 bridgehead atoms. The topological polar surface area (TPSA) is 76.1 Å². The first-order valence-corrected chi connectivity index (χ1v) is 8.56. The smallest absolute Gasteiger partial charge is 0.410 e. The first-order chi connectivity index (χ1) is 11.1. The maximum atomic E-state index is 12.3. The van der Waals surface area contributed by atoms with E-state index >= 15 is 0 Å². The lowest BCUT2D eigenvalue weighted by Crippen LogP contribution is -2.58. The summed E-state index contributed by atoms with van der Waals surface area (Å²) >= 11 is 3.33. The van der Waals surface area contributed by atoms with E-state index in [0.29, 0.717) is 25.1 Å². The van der Waals surface area contributed by atoms with Gasteiger partial charge in [-0.15, -0.1) is 0 Å². The summed E-state index contributed by atoms with van der Waals surface area (Å²) in [5.41, 5.74) is -2.10. The number of halogens is 1. The highest BCUT2D eigenvalue weighted by Crippen LogP contribution is 2.30. The molecule has 0 saturated carbocycles. The highest BCUT2D eigenvalue weighted by molar-refractivity contribution is 9.10. The van der Waals surface area contributed by atoms with E-state index in [1.165, 1.54) is 4.90 Å². The van der Waals surface area contributed by atoms with Crippen molar-refractivity contribution in [3.63, 3.8) is 0 Å². The SMILES string of the molecule is CC(C)(C)OC(=O)N1CCCC(Oc2ccc(Br)cc2)(C(=O)O)C1. The van der Waals surface area contributed by atoms with Crippen LogP contribution in [0.2, 0.25) is 0 Å². The Labute approximate surface area is 149 Å². The van der Waals surface area contributed by atoms with Gasteiger partial charge in [-0.05, 0) is 51.5 Å². The van der Waals surface area contributed by atoms with E-state index < -0.39 is 23.3 Å². The molecule has 1 heterocycles. The maximum Gasteiger partial charge on any atom is 0.410 e. The molecule has 1 unspecified atom stereocenters. The molecule has 6 nitrogen and oxygen atoms in total. The molecule has 0 aromatic heterocycles. The number of piperidine rings is 1. The van der Waals surface area contributed by atoms with Crippen molar-refractivity contribution in [3.05, 3.63) is 28.7 Å². The van der Waals surface area contributed by atoms with Gasteiger partial charge in [0.2, 0.25) is 5.60 Å². The Hall–Kier alpha value is -1.76. The summed E-state index contributed by atoms with van der Waals surface area (Å²) in [6.45, 7) is 5.73. The van der Waals surface area contributed by atoms with Crippen LogP contribution < -0.4 is 4.74 Å². The van der Waals surface area contributed by atoms with Gasteiger partial charge in [0.25, 0.3) is 0 Å². The first-order valence-electron chi connectivity index (χ1n) is 7.77. The molecule has 1 aromatic rings. The molecule has 24 heavy (non-hydrogen) atoms. The Morgan fingerprint density at radius 1 is 1.25 bits per heavy atom. The van der Waals surface area contributed by atoms with Crippen LogP contribution in [-0.4, -0.2) is 46.4 Å². The predicted molar refractivity (Wildman–Crippen MR) is 92.2 cm³/mol. The Morgan fingerprint density at radius 2 is 1.88 bits per heavy atom. The fourth-order valence-electron chi connectivity index (χ4n) is 2.53. The van der Waals surface area contributed by atoms with Crippen molar-refractivity contribution in [3.8, 4) is 5.75 Å². The number of nitrogens with zero attached hydrogens (tertiary/aromatic N) is 1. The number of hydrogen-bond acceptors (Lipinski definition) is 4. The molecule has 2 rings (SSSR count). The van der Waals surface area contributed by atoms with E-state index in [9.17, 15) is 14.7 Å². The summed E-state index contributed by atoms with van der Waals surface area (Å²) < 4.78 is 12.0. The Kier molecular flexibility index (Phi) is 5.42. The van der Waals surface area contributed by atoms with Crippen LogP contribution in [0.15, 0.2) is 28.7 Å². The minimum absolute atomic E-state index is 0.0483. The van der Waals surface area contributed by atoms with E-state index in [2.05, 4.69) is 15.9 Å². The lowest BCUT2D eigenvalue weighted by molar-refractivity contribution is -0.160. The minimum Gasteiger partial charge on any atom is -0.478 e. The average Bonchev–Trinajstić information content (AvgIpc) is 2.48. The van der Waals surface area contributed by atoms with Crippen LogP contribution in [0.5, 0.6) is 5.75 Å². The number of rotatable bonds is 3. The number of carbonyl (C=O) groups is 2. The van der Waals surface area contributed by atoms with Crippen molar-refractivity contribution in [2.45, 2.75) is 44.8 Å². The zero-order valence-corrected chi connectivity index (χ0v) is 15.6. The fraction of sp³-hybridized carbons (Fsp3) is 0.529. The van der Waals surface area contributed by atoms with Crippen LogP contribution in [-0.2, 0) is 9.53 Å². The fourth-order valence-corrected chi connectivity index (χ4v) is 2.80. The summed E-state index contributed by atoms with van der Waals surface area (Å²) in [4.78, 5) is 25.6. The number of aliphatic carboxylic acids is 1. The van der Waals surface area contributed by atoms with E-state index in [1.807, 2.05) is 0 Å². The molecule has 1 N–H and O–H groups in total. The number of carbonyl (C=O) groups excluding carboxylic acids is 1. The van der Waals surface area contributed by atoms with Crippen molar-refractivity contribution in [1.82, 2.24) is 4.90 Å². The molecule has 1 aromatic carbocycles. The number of hydrogen-bond donors (Lipinski definition) is 1. The highest BCUT2D eigenvalue weighted by atomic mass is 79.9. The molecule has 0 spiro atoms. The largest absolute Gasteiger partial charge is 0.478 e. The Bertz CT molecular complexity index is 610. The van der Waals surface area contributed by atoms with Crippen LogP contribution >= 0.6 is 15.9 Å². The summed E-state index contributed by atoms with van der Waals surface area (Å²) in [5.74, 6) is -0.634. The molecule has 0 aliphatic carbocycles. The number of likely N-dealkylation sites (tertiary alicyclic amines) is 1. The number of benzene rings is 1. The molecule has 1 amide bonds. The number of carboxylic acids is 1. The van der Waals surface area contributed by atoms with Gasteiger partial charge in [0.1, 0.15) is 11.4 Å². The van der Waals surface area contributed by atoms with Crippen molar-refractivity contribution in [1.29, 1.82) is 0 Å². The van der Waals surface area contributed by atoms with Crippen LogP contribution in [0.3, 0.4) is 0 Å². The molecule has 7 heteroatoms. The lowest BCUT2D eigenvalue weighted by atomic mass is 9.92. The van der Waals surface area contributed by atoms with Gasteiger partial charge in [0.05, 0.1) is 6.54 Å². The number of carboxylic acid groups (broad SMARTS) is 1. The molecule has 1 aliphatic heterocycles. The van der Waals surface area contributed by atoms with Gasteiger partial charge in [-0.3, -0.25) is 0 Å². The van der Waals surface area contributed by atoms with Crippen molar-refractivity contribution >= 4 is 28.0 Å².